The third-order valence-electron chi connectivity index (χ3n) is 8.40. The van der Waals surface area contributed by atoms with Gasteiger partial charge in [-0.2, -0.15) is 0 Å². The van der Waals surface area contributed by atoms with Crippen LogP contribution in [0.1, 0.15) is 39.5 Å². The maximum Gasteiger partial charge on any atom is 0.248 e. The van der Waals surface area contributed by atoms with E-state index in [-0.39, 0.29) is 35.5 Å². The first-order valence-electron chi connectivity index (χ1n) is 14.0. The molecular weight excluding hydrogens is 550 g/mol. The minimum Gasteiger partial charge on any atom is -0.494 e. The number of halogens is 1. The average molecular weight is 586 g/mol. The fourth-order valence-corrected chi connectivity index (χ4v) is 9.25. The summed E-state index contributed by atoms with van der Waals surface area (Å²) in [6.07, 6.45) is 2.82. The minimum atomic E-state index is -0.705. The summed E-state index contributed by atoms with van der Waals surface area (Å²) in [5.74, 6) is -0.883. The van der Waals surface area contributed by atoms with Crippen molar-refractivity contribution in [3.8, 4) is 5.75 Å². The van der Waals surface area contributed by atoms with E-state index in [0.29, 0.717) is 42.4 Å². The summed E-state index contributed by atoms with van der Waals surface area (Å²) in [4.78, 5) is 43.6. The molecule has 6 atom stereocenters. The molecule has 3 heterocycles. The summed E-state index contributed by atoms with van der Waals surface area (Å²) in [6.45, 7) is 5.06. The molecular formula is C30H36ClN3O5S. The van der Waals surface area contributed by atoms with Crippen LogP contribution in [0.25, 0.3) is 0 Å². The molecule has 0 radical (unpaired) electrons. The molecule has 2 bridgehead atoms. The zero-order valence-corrected chi connectivity index (χ0v) is 24.3. The van der Waals surface area contributed by atoms with Gasteiger partial charge in [0.2, 0.25) is 17.7 Å². The topological polar surface area (TPSA) is 108 Å². The molecule has 3 N–H and O–H groups in total. The van der Waals surface area contributed by atoms with Crippen molar-refractivity contribution in [3.63, 3.8) is 0 Å². The van der Waals surface area contributed by atoms with Crippen LogP contribution >= 0.6 is 23.4 Å². The molecule has 0 saturated carbocycles. The van der Waals surface area contributed by atoms with Crippen LogP contribution in [0.2, 0.25) is 5.02 Å². The smallest absolute Gasteiger partial charge is 0.248 e. The quantitative estimate of drug-likeness (QED) is 0.327. The number of likely N-dealkylation sites (tertiary alicyclic amines) is 1. The Morgan fingerprint density at radius 2 is 1.70 bits per heavy atom. The number of hydrogen-bond donors (Lipinski definition) is 3. The number of carbonyl (C=O) groups excluding carboxylic acids is 3. The number of aliphatic hydroxyl groups is 1. The molecule has 2 aromatic carbocycles. The molecule has 8 nitrogen and oxygen atoms in total. The van der Waals surface area contributed by atoms with Gasteiger partial charge in [0.05, 0.1) is 23.2 Å². The highest BCUT2D eigenvalue weighted by Crippen LogP contribution is 2.68. The number of amides is 3. The second kappa shape index (κ2) is 12.0. The second-order valence-corrected chi connectivity index (χ2v) is 12.8. The largest absolute Gasteiger partial charge is 0.494 e. The van der Waals surface area contributed by atoms with Crippen LogP contribution in [0.15, 0.2) is 48.5 Å². The molecule has 5 rings (SSSR count). The number of aliphatic hydroxyl groups excluding tert-OH is 1. The lowest BCUT2D eigenvalue weighted by atomic mass is 9.66. The lowest BCUT2D eigenvalue weighted by molar-refractivity contribution is -0.138. The molecule has 3 saturated heterocycles. The van der Waals surface area contributed by atoms with Crippen LogP contribution in [0.4, 0.5) is 11.4 Å². The molecule has 3 unspecified atom stereocenters. The van der Waals surface area contributed by atoms with Crippen molar-refractivity contribution < 1.29 is 24.2 Å². The van der Waals surface area contributed by atoms with Crippen LogP contribution in [-0.4, -0.2) is 63.5 Å². The van der Waals surface area contributed by atoms with Gasteiger partial charge in [-0.25, -0.2) is 0 Å². The van der Waals surface area contributed by atoms with E-state index in [9.17, 15) is 19.5 Å². The predicted octanol–water partition coefficient (Wildman–Crippen LogP) is 4.82. The first-order valence-corrected chi connectivity index (χ1v) is 15.2. The number of ether oxygens (including phenoxy) is 1. The Balaban J connectivity index is 1.43. The van der Waals surface area contributed by atoms with E-state index in [1.165, 1.54) is 0 Å². The van der Waals surface area contributed by atoms with Gasteiger partial charge in [0.15, 0.2) is 0 Å². The molecule has 0 aliphatic carbocycles. The van der Waals surface area contributed by atoms with E-state index in [1.54, 1.807) is 53.1 Å². The Hall–Kier alpha value is -2.75. The van der Waals surface area contributed by atoms with Gasteiger partial charge < -0.3 is 25.4 Å². The van der Waals surface area contributed by atoms with Crippen molar-refractivity contribution in [3.05, 3.63) is 53.6 Å². The van der Waals surface area contributed by atoms with Gasteiger partial charge in [0.25, 0.3) is 0 Å². The number of nitrogens with zero attached hydrogens (tertiary/aromatic N) is 1. The summed E-state index contributed by atoms with van der Waals surface area (Å²) in [5, 5.41) is 15.8. The van der Waals surface area contributed by atoms with Gasteiger partial charge in [-0.05, 0) is 87.1 Å². The number of benzene rings is 2. The zero-order valence-electron chi connectivity index (χ0n) is 22.8. The standard InChI is InChI=1S/C30H36ClN3O5S/c1-3-39-22-13-11-21(12-14-22)32-27(36)24-23-17-18(2)30(40-23)25(24)29(38)34(15-5-4-6-16-35)26(30)28(37)33-20-9-7-19(31)8-10-20/h7-14,18,23-26,35H,3-6,15-17H2,1-2H3,(H,32,36)(H,33,37)/t18?,23-,24+,25-,26?,30?/m0/s1. The van der Waals surface area contributed by atoms with Crippen LogP contribution in [0, 0.1) is 17.8 Å². The average Bonchev–Trinajstić information content (AvgIpc) is 3.53. The second-order valence-electron chi connectivity index (χ2n) is 10.8. The summed E-state index contributed by atoms with van der Waals surface area (Å²) in [5.41, 5.74) is 1.25. The molecule has 3 aliphatic heterocycles. The van der Waals surface area contributed by atoms with E-state index in [1.807, 2.05) is 19.1 Å². The van der Waals surface area contributed by atoms with Gasteiger partial charge >= 0.3 is 0 Å². The van der Waals surface area contributed by atoms with E-state index in [4.69, 9.17) is 16.3 Å². The number of thioether (sulfide) groups is 1. The van der Waals surface area contributed by atoms with Crippen LogP contribution in [0.3, 0.4) is 0 Å². The van der Waals surface area contributed by atoms with E-state index < -0.39 is 22.6 Å². The minimum absolute atomic E-state index is 0.0472. The molecule has 2 aromatic rings. The number of fused-ring (bicyclic) bond motifs is 1. The Labute approximate surface area is 244 Å². The summed E-state index contributed by atoms with van der Waals surface area (Å²) < 4.78 is 4.81. The maximum atomic E-state index is 14.1. The van der Waals surface area contributed by atoms with Crippen molar-refractivity contribution >= 4 is 52.5 Å². The van der Waals surface area contributed by atoms with Crippen LogP contribution in [0.5, 0.6) is 5.75 Å². The summed E-state index contributed by atoms with van der Waals surface area (Å²) >= 11 is 7.69. The lowest BCUT2D eigenvalue weighted by Gasteiger charge is -2.38. The zero-order chi connectivity index (χ0) is 28.4. The van der Waals surface area contributed by atoms with Gasteiger partial charge in [0.1, 0.15) is 11.8 Å². The molecule has 214 valence electrons. The van der Waals surface area contributed by atoms with Crippen molar-refractivity contribution in [2.45, 2.75) is 55.6 Å². The molecule has 40 heavy (non-hydrogen) atoms. The molecule has 3 fully saturated rings. The fourth-order valence-electron chi connectivity index (χ4n) is 6.70. The monoisotopic (exact) mass is 585 g/mol. The predicted molar refractivity (Wildman–Crippen MR) is 158 cm³/mol. The lowest BCUT2D eigenvalue weighted by Crippen LogP contribution is -2.54. The van der Waals surface area contributed by atoms with Crippen molar-refractivity contribution in [1.29, 1.82) is 0 Å². The number of carbonyl (C=O) groups is 3. The van der Waals surface area contributed by atoms with Gasteiger partial charge in [0, 0.05) is 34.8 Å². The number of unbranched alkanes of at least 4 members (excludes halogenated alkanes) is 2. The van der Waals surface area contributed by atoms with Crippen LogP contribution < -0.4 is 15.4 Å². The fraction of sp³-hybridized carbons (Fsp3) is 0.500. The number of anilines is 2. The molecule has 0 aromatic heterocycles. The van der Waals surface area contributed by atoms with Gasteiger partial charge in [-0.1, -0.05) is 18.5 Å². The highest BCUT2D eigenvalue weighted by molar-refractivity contribution is 8.02. The molecule has 1 spiro atoms. The van der Waals surface area contributed by atoms with Crippen molar-refractivity contribution in [2.75, 3.05) is 30.4 Å². The molecule has 3 amide bonds. The summed E-state index contributed by atoms with van der Waals surface area (Å²) in [6, 6.07) is 13.4. The Bertz CT molecular complexity index is 1240. The molecule has 3 aliphatic rings. The Morgan fingerprint density at radius 1 is 1.05 bits per heavy atom. The normalized spacial score (nSPS) is 28.4. The van der Waals surface area contributed by atoms with Crippen molar-refractivity contribution in [2.24, 2.45) is 17.8 Å². The van der Waals surface area contributed by atoms with Gasteiger partial charge in [-0.15, -0.1) is 11.8 Å². The first-order chi connectivity index (χ1) is 19.3. The molecule has 10 heteroatoms. The summed E-state index contributed by atoms with van der Waals surface area (Å²) in [7, 11) is 0. The number of nitrogens with one attached hydrogen (secondary N) is 2. The Kier molecular flexibility index (Phi) is 8.63. The number of hydrogen-bond acceptors (Lipinski definition) is 6. The Morgan fingerprint density at radius 3 is 2.35 bits per heavy atom. The third kappa shape index (κ3) is 5.19. The SMILES string of the molecule is CCOc1ccc(NC(=O)[C@@H]2[C@@H]3CC(C)C4(S3)C(C(=O)Nc3ccc(Cl)cc3)N(CCCCCO)C(=O)[C@H]24)cc1. The highest BCUT2D eigenvalue weighted by Gasteiger charge is 2.75. The van der Waals surface area contributed by atoms with Crippen LogP contribution in [-0.2, 0) is 14.4 Å². The maximum absolute atomic E-state index is 14.1. The first kappa shape index (κ1) is 28.8. The third-order valence-corrected chi connectivity index (χ3v) is 10.7. The van der Waals surface area contributed by atoms with Gasteiger partial charge in [-0.3, -0.25) is 14.4 Å². The van der Waals surface area contributed by atoms with E-state index >= 15 is 0 Å². The van der Waals surface area contributed by atoms with E-state index in [2.05, 4.69) is 17.6 Å². The highest BCUT2D eigenvalue weighted by atomic mass is 35.5. The number of rotatable bonds is 11. The van der Waals surface area contributed by atoms with Crippen molar-refractivity contribution in [1.82, 2.24) is 4.90 Å². The van der Waals surface area contributed by atoms with E-state index in [0.717, 1.165) is 18.6 Å².